The molecule has 0 radical (unpaired) electrons. The lowest BCUT2D eigenvalue weighted by molar-refractivity contribution is 0.0489. The summed E-state index contributed by atoms with van der Waals surface area (Å²) in [6, 6.07) is 18.7. The molecule has 8 nitrogen and oxygen atoms in total. The summed E-state index contributed by atoms with van der Waals surface area (Å²) in [5.41, 5.74) is 5.09. The zero-order chi connectivity index (χ0) is 24.2. The maximum atomic E-state index is 13.5. The number of hydrogen-bond donors (Lipinski definition) is 2. The van der Waals surface area contributed by atoms with E-state index in [1.807, 2.05) is 13.0 Å². The predicted molar refractivity (Wildman–Crippen MR) is 130 cm³/mol. The molecule has 0 spiro atoms. The summed E-state index contributed by atoms with van der Waals surface area (Å²) in [5.74, 6) is -0.928. The molecule has 0 bridgehead atoms. The smallest absolute Gasteiger partial charge is 0.337 e. The van der Waals surface area contributed by atoms with Crippen molar-refractivity contribution in [1.29, 1.82) is 0 Å². The Morgan fingerprint density at radius 3 is 2.53 bits per heavy atom. The van der Waals surface area contributed by atoms with Gasteiger partial charge in [-0.1, -0.05) is 40.2 Å². The Kier molecular flexibility index (Phi) is 6.83. The molecule has 0 saturated heterocycles. The zero-order valence-electron chi connectivity index (χ0n) is 18.5. The third-order valence-electron chi connectivity index (χ3n) is 5.28. The van der Waals surface area contributed by atoms with E-state index in [0.29, 0.717) is 40.3 Å². The first-order valence-corrected chi connectivity index (χ1v) is 11.3. The van der Waals surface area contributed by atoms with Crippen molar-refractivity contribution in [3.8, 4) is 5.75 Å². The molecule has 0 aliphatic carbocycles. The number of rotatable bonds is 6. The monoisotopic (exact) mass is 523 g/mol. The lowest BCUT2D eigenvalue weighted by Crippen LogP contribution is -2.53. The van der Waals surface area contributed by atoms with Crippen molar-refractivity contribution in [3.63, 3.8) is 0 Å². The van der Waals surface area contributed by atoms with Gasteiger partial charge in [-0.05, 0) is 55.0 Å². The number of carbonyl (C=O) groups excluding carboxylic acids is 3. The number of anilines is 1. The molecule has 1 heterocycles. The van der Waals surface area contributed by atoms with Gasteiger partial charge in [-0.2, -0.15) is 0 Å². The van der Waals surface area contributed by atoms with Crippen LogP contribution in [0.15, 0.2) is 71.2 Å². The Morgan fingerprint density at radius 2 is 1.82 bits per heavy atom. The number of esters is 1. The minimum Gasteiger partial charge on any atom is -0.493 e. The fraction of sp³-hybridized carbons (Fsp3) is 0.160. The van der Waals surface area contributed by atoms with Gasteiger partial charge in [0.05, 0.1) is 30.4 Å². The highest BCUT2D eigenvalue weighted by Crippen LogP contribution is 2.34. The summed E-state index contributed by atoms with van der Waals surface area (Å²) in [6.07, 6.45) is -0.726. The van der Waals surface area contributed by atoms with E-state index in [4.69, 9.17) is 9.47 Å². The van der Waals surface area contributed by atoms with Crippen LogP contribution in [-0.2, 0) is 4.74 Å². The number of halogens is 1. The average Bonchev–Trinajstić information content (AvgIpc) is 2.86. The molecule has 1 aliphatic rings. The molecule has 34 heavy (non-hydrogen) atoms. The van der Waals surface area contributed by atoms with Gasteiger partial charge in [0.2, 0.25) is 0 Å². The number of nitrogens with zero attached hydrogens (tertiary/aromatic N) is 1. The van der Waals surface area contributed by atoms with Crippen LogP contribution in [0, 0.1) is 0 Å². The van der Waals surface area contributed by atoms with E-state index in [2.05, 4.69) is 26.7 Å². The van der Waals surface area contributed by atoms with Crippen LogP contribution in [0.5, 0.6) is 5.75 Å². The van der Waals surface area contributed by atoms with Gasteiger partial charge in [0.1, 0.15) is 11.9 Å². The average molecular weight is 524 g/mol. The number of fused-ring (bicyclic) bond motifs is 1. The largest absolute Gasteiger partial charge is 0.493 e. The van der Waals surface area contributed by atoms with Crippen LogP contribution in [0.4, 0.5) is 5.69 Å². The number of para-hydroxylation sites is 1. The molecule has 0 fully saturated rings. The molecule has 1 atom stereocenters. The van der Waals surface area contributed by atoms with Crippen LogP contribution in [-0.4, -0.2) is 36.5 Å². The van der Waals surface area contributed by atoms with E-state index in [0.717, 1.165) is 4.47 Å². The summed E-state index contributed by atoms with van der Waals surface area (Å²) in [6.45, 7) is 2.22. The Hall–Kier alpha value is -3.85. The van der Waals surface area contributed by atoms with Gasteiger partial charge < -0.3 is 14.8 Å². The summed E-state index contributed by atoms with van der Waals surface area (Å²) < 4.78 is 11.1. The highest BCUT2D eigenvalue weighted by Gasteiger charge is 2.35. The fourth-order valence-corrected chi connectivity index (χ4v) is 4.01. The molecular weight excluding hydrogens is 502 g/mol. The first kappa shape index (κ1) is 23.3. The van der Waals surface area contributed by atoms with Crippen molar-refractivity contribution in [2.24, 2.45) is 0 Å². The maximum absolute atomic E-state index is 13.5. The van der Waals surface area contributed by atoms with Gasteiger partial charge in [-0.3, -0.25) is 15.0 Å². The van der Waals surface area contributed by atoms with Gasteiger partial charge >= 0.3 is 5.97 Å². The lowest BCUT2D eigenvalue weighted by atomic mass is 10.0. The normalized spacial score (nSPS) is 14.6. The molecule has 0 saturated carbocycles. The summed E-state index contributed by atoms with van der Waals surface area (Å²) in [5, 5.41) is 4.55. The molecule has 4 rings (SSSR count). The van der Waals surface area contributed by atoms with Crippen LogP contribution in [0.3, 0.4) is 0 Å². The second kappa shape index (κ2) is 9.96. The molecule has 0 unspecified atom stereocenters. The topological polar surface area (TPSA) is 97.0 Å². The minimum absolute atomic E-state index is 0.303. The van der Waals surface area contributed by atoms with Gasteiger partial charge in [-0.25, -0.2) is 9.80 Å². The third kappa shape index (κ3) is 4.60. The first-order chi connectivity index (χ1) is 16.4. The van der Waals surface area contributed by atoms with E-state index in [1.165, 1.54) is 12.1 Å². The molecule has 1 aliphatic heterocycles. The van der Waals surface area contributed by atoms with Crippen molar-refractivity contribution in [1.82, 2.24) is 10.4 Å². The predicted octanol–water partition coefficient (Wildman–Crippen LogP) is 4.55. The first-order valence-electron chi connectivity index (χ1n) is 10.5. The molecule has 2 N–H and O–H groups in total. The number of ether oxygens (including phenoxy) is 2. The van der Waals surface area contributed by atoms with Crippen LogP contribution < -0.4 is 15.5 Å². The van der Waals surface area contributed by atoms with E-state index < -0.39 is 18.0 Å². The van der Waals surface area contributed by atoms with Gasteiger partial charge in [0, 0.05) is 10.2 Å². The second-order valence-corrected chi connectivity index (χ2v) is 8.31. The molecule has 3 aromatic rings. The Morgan fingerprint density at radius 1 is 1.09 bits per heavy atom. The lowest BCUT2D eigenvalue weighted by Gasteiger charge is -2.38. The van der Waals surface area contributed by atoms with Crippen molar-refractivity contribution in [3.05, 3.63) is 93.5 Å². The molecular formula is C25H22BrN3O5. The summed E-state index contributed by atoms with van der Waals surface area (Å²) in [7, 11) is 1.31. The number of nitrogens with one attached hydrogen (secondary N) is 2. The van der Waals surface area contributed by atoms with Crippen LogP contribution in [0.2, 0.25) is 0 Å². The fourth-order valence-electron chi connectivity index (χ4n) is 3.65. The highest BCUT2D eigenvalue weighted by atomic mass is 79.9. The van der Waals surface area contributed by atoms with Crippen LogP contribution >= 0.6 is 15.9 Å². The quantitative estimate of drug-likeness (QED) is 0.460. The number of hydrazine groups is 1. The van der Waals surface area contributed by atoms with Crippen LogP contribution in [0.25, 0.3) is 0 Å². The van der Waals surface area contributed by atoms with E-state index in [1.54, 1.807) is 60.7 Å². The standard InChI is InChI=1S/C25H22BrN3O5/c1-3-34-21-7-5-4-6-18(21)23(30)28-29-22(15-8-10-16(11-9-15)25(32)33-2)27-20-13-12-17(26)14-19(20)24(29)31/h4-14,22,27H,3H2,1-2H3,(H,28,30)/t22-/m0/s1. The summed E-state index contributed by atoms with van der Waals surface area (Å²) in [4.78, 5) is 38.5. The third-order valence-corrected chi connectivity index (χ3v) is 5.78. The highest BCUT2D eigenvalue weighted by molar-refractivity contribution is 9.10. The Bertz CT molecular complexity index is 1250. The zero-order valence-corrected chi connectivity index (χ0v) is 20.1. The van der Waals surface area contributed by atoms with Crippen molar-refractivity contribution >= 4 is 39.4 Å². The Labute approximate surface area is 205 Å². The number of benzene rings is 3. The van der Waals surface area contributed by atoms with E-state index in [9.17, 15) is 14.4 Å². The van der Waals surface area contributed by atoms with Gasteiger partial charge in [0.15, 0.2) is 0 Å². The molecule has 9 heteroatoms. The number of amides is 2. The maximum Gasteiger partial charge on any atom is 0.337 e. The number of hydrogen-bond acceptors (Lipinski definition) is 6. The molecule has 174 valence electrons. The van der Waals surface area contributed by atoms with E-state index in [-0.39, 0.29) is 5.91 Å². The minimum atomic E-state index is -0.726. The summed E-state index contributed by atoms with van der Waals surface area (Å²) >= 11 is 3.39. The van der Waals surface area contributed by atoms with Crippen molar-refractivity contribution < 1.29 is 23.9 Å². The van der Waals surface area contributed by atoms with Gasteiger partial charge in [-0.15, -0.1) is 0 Å². The second-order valence-electron chi connectivity index (χ2n) is 7.40. The number of methoxy groups -OCH3 is 1. The van der Waals surface area contributed by atoms with Crippen molar-refractivity contribution in [2.75, 3.05) is 19.0 Å². The van der Waals surface area contributed by atoms with Gasteiger partial charge in [0.25, 0.3) is 11.8 Å². The molecule has 2 amide bonds. The van der Waals surface area contributed by atoms with E-state index >= 15 is 0 Å². The van der Waals surface area contributed by atoms with Crippen LogP contribution in [0.1, 0.15) is 49.7 Å². The molecule has 3 aromatic carbocycles. The molecule has 0 aromatic heterocycles. The SMILES string of the molecule is CCOc1ccccc1C(=O)NN1C(=O)c2cc(Br)ccc2N[C@@H]1c1ccc(C(=O)OC)cc1. The Balaban J connectivity index is 1.71. The van der Waals surface area contributed by atoms with Crippen molar-refractivity contribution in [2.45, 2.75) is 13.1 Å². The number of carbonyl (C=O) groups is 3.